The number of amides is 1. The maximum atomic E-state index is 13.0. The zero-order valence-corrected chi connectivity index (χ0v) is 18.6. The van der Waals surface area contributed by atoms with Crippen molar-refractivity contribution in [1.82, 2.24) is 14.9 Å². The molecule has 1 amide bonds. The van der Waals surface area contributed by atoms with Crippen LogP contribution in [0.15, 0.2) is 89.9 Å². The maximum Gasteiger partial charge on any atom is 0.255 e. The molecule has 5 aromatic rings. The van der Waals surface area contributed by atoms with Crippen LogP contribution in [0.5, 0.6) is 0 Å². The molecule has 2 aromatic heterocycles. The van der Waals surface area contributed by atoms with E-state index in [4.69, 9.17) is 11.6 Å². The molecule has 33 heavy (non-hydrogen) atoms. The van der Waals surface area contributed by atoms with Crippen molar-refractivity contribution in [3.63, 3.8) is 0 Å². The fourth-order valence-electron chi connectivity index (χ4n) is 4.01. The molecule has 5 rings (SSSR count). The third-order valence-electron chi connectivity index (χ3n) is 5.62. The number of benzene rings is 3. The van der Waals surface area contributed by atoms with E-state index in [9.17, 15) is 9.59 Å². The number of nitrogens with zero attached hydrogens (tertiary/aromatic N) is 2. The molecule has 6 heteroatoms. The summed E-state index contributed by atoms with van der Waals surface area (Å²) in [7, 11) is 0. The number of nitrogens with one attached hydrogen (secondary N) is 1. The first kappa shape index (κ1) is 20.9. The molecule has 1 N–H and O–H groups in total. The van der Waals surface area contributed by atoms with Crippen LogP contribution in [0.3, 0.4) is 0 Å². The number of hydrogen-bond donors (Lipinski definition) is 1. The summed E-state index contributed by atoms with van der Waals surface area (Å²) in [5.74, 6) is -0.142. The van der Waals surface area contributed by atoms with E-state index in [0.717, 1.165) is 32.9 Å². The van der Waals surface area contributed by atoms with Gasteiger partial charge in [-0.05, 0) is 72.6 Å². The molecule has 0 radical (unpaired) electrons. The van der Waals surface area contributed by atoms with Gasteiger partial charge in [0.05, 0.1) is 11.0 Å². The highest BCUT2D eigenvalue weighted by atomic mass is 35.5. The minimum absolute atomic E-state index is 0.142. The monoisotopic (exact) mass is 453 g/mol. The van der Waals surface area contributed by atoms with Gasteiger partial charge in [0.2, 0.25) is 0 Å². The van der Waals surface area contributed by atoms with E-state index in [1.54, 1.807) is 41.1 Å². The summed E-state index contributed by atoms with van der Waals surface area (Å²) in [6.07, 6.45) is 1.78. The summed E-state index contributed by atoms with van der Waals surface area (Å²) < 4.78 is 1.67. The topological polar surface area (TPSA) is 64.0 Å². The quantitative estimate of drug-likeness (QED) is 0.360. The normalized spacial score (nSPS) is 11.1. The van der Waals surface area contributed by atoms with E-state index in [0.29, 0.717) is 22.8 Å². The fourth-order valence-corrected chi connectivity index (χ4v) is 4.14. The minimum atomic E-state index is -0.155. The highest BCUT2D eigenvalue weighted by Gasteiger charge is 2.12. The van der Waals surface area contributed by atoms with Crippen LogP contribution >= 0.6 is 11.6 Å². The Bertz CT molecular complexity index is 1560. The molecule has 0 aliphatic heterocycles. The Morgan fingerprint density at radius 1 is 0.939 bits per heavy atom. The van der Waals surface area contributed by atoms with Crippen LogP contribution in [0.2, 0.25) is 5.02 Å². The van der Waals surface area contributed by atoms with Gasteiger partial charge in [-0.25, -0.2) is 0 Å². The van der Waals surface area contributed by atoms with Gasteiger partial charge >= 0.3 is 0 Å². The molecule has 162 valence electrons. The summed E-state index contributed by atoms with van der Waals surface area (Å²) >= 11 is 6.05. The lowest BCUT2D eigenvalue weighted by atomic mass is 10.0. The summed E-state index contributed by atoms with van der Waals surface area (Å²) in [5.41, 5.74) is 4.66. The second-order valence-electron chi connectivity index (χ2n) is 7.71. The van der Waals surface area contributed by atoms with E-state index in [-0.39, 0.29) is 11.5 Å². The Hall–Kier alpha value is -3.96. The number of pyridine rings is 2. The van der Waals surface area contributed by atoms with Crippen LogP contribution in [0.4, 0.5) is 0 Å². The van der Waals surface area contributed by atoms with Crippen LogP contribution in [0, 0.1) is 0 Å². The highest BCUT2D eigenvalue weighted by molar-refractivity contribution is 6.30. The standard InChI is InChI=1S/C27H20ClN3O2/c1-2-29-27(33)18-5-11-22(12-6-18)31-25(32)14-8-20-16-30-24-13-7-19(15-23(24)26(20)31)17-3-9-21(28)10-4-17/h3-16H,2H2,1H3,(H,29,33). The van der Waals surface area contributed by atoms with Crippen molar-refractivity contribution < 1.29 is 4.79 Å². The van der Waals surface area contributed by atoms with E-state index < -0.39 is 0 Å². The zero-order chi connectivity index (χ0) is 22.9. The number of fused-ring (bicyclic) bond motifs is 3. The van der Waals surface area contributed by atoms with Gasteiger partial charge in [0.15, 0.2) is 0 Å². The predicted octanol–water partition coefficient (Wildman–Crippen LogP) is 5.61. The van der Waals surface area contributed by atoms with Crippen LogP contribution in [-0.4, -0.2) is 22.0 Å². The molecular formula is C27H20ClN3O2. The van der Waals surface area contributed by atoms with Crippen LogP contribution in [-0.2, 0) is 0 Å². The van der Waals surface area contributed by atoms with Crippen molar-refractivity contribution in [2.75, 3.05) is 6.54 Å². The van der Waals surface area contributed by atoms with Crippen molar-refractivity contribution in [1.29, 1.82) is 0 Å². The number of rotatable bonds is 4. The van der Waals surface area contributed by atoms with Gasteiger partial charge in [-0.15, -0.1) is 0 Å². The number of carbonyl (C=O) groups excluding carboxylic acids is 1. The van der Waals surface area contributed by atoms with Gasteiger partial charge in [0, 0.05) is 45.9 Å². The predicted molar refractivity (Wildman–Crippen MR) is 133 cm³/mol. The summed E-state index contributed by atoms with van der Waals surface area (Å²) in [6.45, 7) is 2.43. The second-order valence-corrected chi connectivity index (χ2v) is 8.15. The largest absolute Gasteiger partial charge is 0.352 e. The molecule has 3 aromatic carbocycles. The second kappa shape index (κ2) is 8.52. The number of hydrogen-bond acceptors (Lipinski definition) is 3. The van der Waals surface area contributed by atoms with Crippen molar-refractivity contribution in [3.8, 4) is 16.8 Å². The van der Waals surface area contributed by atoms with E-state index in [1.165, 1.54) is 6.07 Å². The average Bonchev–Trinajstić information content (AvgIpc) is 2.84. The third-order valence-corrected chi connectivity index (χ3v) is 5.87. The lowest BCUT2D eigenvalue weighted by Gasteiger charge is -2.14. The minimum Gasteiger partial charge on any atom is -0.352 e. The van der Waals surface area contributed by atoms with Crippen LogP contribution in [0.25, 0.3) is 38.6 Å². The first-order chi connectivity index (χ1) is 16.0. The molecule has 0 spiro atoms. The molecule has 0 saturated carbocycles. The maximum absolute atomic E-state index is 13.0. The van der Waals surface area contributed by atoms with Crippen LogP contribution < -0.4 is 10.9 Å². The van der Waals surface area contributed by atoms with E-state index in [1.807, 2.05) is 49.4 Å². The van der Waals surface area contributed by atoms with Gasteiger partial charge in [0.25, 0.3) is 11.5 Å². The molecule has 0 aliphatic carbocycles. The molecule has 0 fully saturated rings. The van der Waals surface area contributed by atoms with Crippen molar-refractivity contribution in [3.05, 3.63) is 106 Å². The van der Waals surface area contributed by atoms with Gasteiger partial charge < -0.3 is 5.32 Å². The zero-order valence-electron chi connectivity index (χ0n) is 17.9. The molecule has 0 unspecified atom stereocenters. The molecule has 5 nitrogen and oxygen atoms in total. The summed E-state index contributed by atoms with van der Waals surface area (Å²) in [5, 5.41) is 5.18. The summed E-state index contributed by atoms with van der Waals surface area (Å²) in [4.78, 5) is 29.8. The highest BCUT2D eigenvalue weighted by Crippen LogP contribution is 2.30. The Labute approximate surface area is 195 Å². The number of aromatic nitrogens is 2. The molecular weight excluding hydrogens is 434 g/mol. The van der Waals surface area contributed by atoms with Crippen molar-refractivity contribution >= 4 is 39.3 Å². The molecule has 0 aliphatic rings. The summed E-state index contributed by atoms with van der Waals surface area (Å²) in [6, 6.07) is 24.0. The first-order valence-electron chi connectivity index (χ1n) is 10.6. The number of halogens is 1. The van der Waals surface area contributed by atoms with E-state index >= 15 is 0 Å². The molecule has 0 saturated heterocycles. The molecule has 2 heterocycles. The van der Waals surface area contributed by atoms with Gasteiger partial charge in [-0.3, -0.25) is 19.1 Å². The average molecular weight is 454 g/mol. The van der Waals surface area contributed by atoms with Crippen molar-refractivity contribution in [2.24, 2.45) is 0 Å². The molecule has 0 bridgehead atoms. The first-order valence-corrected chi connectivity index (χ1v) is 11.0. The Morgan fingerprint density at radius 2 is 1.67 bits per heavy atom. The van der Waals surface area contributed by atoms with Gasteiger partial charge in [-0.2, -0.15) is 0 Å². The van der Waals surface area contributed by atoms with Gasteiger partial charge in [0.1, 0.15) is 0 Å². The SMILES string of the molecule is CCNC(=O)c1ccc(-n2c(=O)ccc3cnc4ccc(-c5ccc(Cl)cc5)cc4c32)cc1. The smallest absolute Gasteiger partial charge is 0.255 e. The van der Waals surface area contributed by atoms with Crippen LogP contribution in [0.1, 0.15) is 17.3 Å². The Balaban J connectivity index is 1.74. The molecule has 0 atom stereocenters. The van der Waals surface area contributed by atoms with Gasteiger partial charge in [-0.1, -0.05) is 29.8 Å². The number of carbonyl (C=O) groups is 1. The van der Waals surface area contributed by atoms with E-state index in [2.05, 4.69) is 10.3 Å². The lowest BCUT2D eigenvalue weighted by molar-refractivity contribution is 0.0956. The van der Waals surface area contributed by atoms with Crippen molar-refractivity contribution in [2.45, 2.75) is 6.92 Å². The third kappa shape index (κ3) is 3.88. The Kier molecular flexibility index (Phi) is 5.40. The lowest BCUT2D eigenvalue weighted by Crippen LogP contribution is -2.23. The Morgan fingerprint density at radius 3 is 2.39 bits per heavy atom. The fraction of sp³-hybridized carbons (Fsp3) is 0.0741.